The zero-order valence-corrected chi connectivity index (χ0v) is 7.26. The molecule has 4 nitrogen and oxygen atoms in total. The molecule has 0 rings (SSSR count). The van der Waals surface area contributed by atoms with Crippen molar-refractivity contribution >= 4 is 5.97 Å². The Bertz CT molecular complexity index is 218. The van der Waals surface area contributed by atoms with Crippen molar-refractivity contribution in [3.05, 3.63) is 12.2 Å². The van der Waals surface area contributed by atoms with Crippen molar-refractivity contribution in [1.29, 1.82) is 5.26 Å². The van der Waals surface area contributed by atoms with Gasteiger partial charge in [-0.25, -0.2) is 4.79 Å². The molecule has 4 heteroatoms. The molecule has 0 amide bonds. The van der Waals surface area contributed by atoms with Gasteiger partial charge in [-0.1, -0.05) is 6.58 Å². The van der Waals surface area contributed by atoms with Crippen molar-refractivity contribution < 1.29 is 9.53 Å². The molecule has 1 N–H and O–H groups in total. The number of likely N-dealkylation sites (N-methyl/N-ethyl adjacent to an activating group) is 1. The van der Waals surface area contributed by atoms with Gasteiger partial charge in [-0.15, -0.1) is 0 Å². The van der Waals surface area contributed by atoms with Crippen molar-refractivity contribution in [3.63, 3.8) is 0 Å². The van der Waals surface area contributed by atoms with Crippen LogP contribution in [0.3, 0.4) is 0 Å². The van der Waals surface area contributed by atoms with E-state index < -0.39 is 12.0 Å². The van der Waals surface area contributed by atoms with Crippen LogP contribution in [0.1, 0.15) is 6.92 Å². The second-order valence-electron chi connectivity index (χ2n) is 2.35. The number of nitrogens with zero attached hydrogens (tertiary/aromatic N) is 1. The molecule has 0 saturated carbocycles. The minimum Gasteiger partial charge on any atom is -0.460 e. The number of esters is 1. The molecule has 1 atom stereocenters. The number of hydrogen-bond donors (Lipinski definition) is 1. The van der Waals surface area contributed by atoms with Crippen LogP contribution in [-0.2, 0) is 9.53 Å². The summed E-state index contributed by atoms with van der Waals surface area (Å²) in [5.41, 5.74) is 0.336. The summed E-state index contributed by atoms with van der Waals surface area (Å²) < 4.78 is 4.72. The Morgan fingerprint density at radius 3 is 2.75 bits per heavy atom. The fourth-order valence-corrected chi connectivity index (χ4v) is 0.467. The highest BCUT2D eigenvalue weighted by atomic mass is 16.5. The van der Waals surface area contributed by atoms with Crippen LogP contribution in [0.25, 0.3) is 0 Å². The summed E-state index contributed by atoms with van der Waals surface area (Å²) in [7, 11) is 1.63. The summed E-state index contributed by atoms with van der Waals surface area (Å²) in [6.07, 6.45) is 0. The fraction of sp³-hybridized carbons (Fsp3) is 0.500. The largest absolute Gasteiger partial charge is 0.460 e. The number of ether oxygens (including phenoxy) is 1. The van der Waals surface area contributed by atoms with Crippen LogP contribution >= 0.6 is 0 Å². The second-order valence-corrected chi connectivity index (χ2v) is 2.35. The standard InChI is InChI=1S/C8H12N2O2/c1-6(2)8(11)12-5-7(4-9)10-3/h7,10H,1,5H2,2-3H3. The number of carbonyl (C=O) groups is 1. The summed E-state index contributed by atoms with van der Waals surface area (Å²) in [6.45, 7) is 5.02. The first-order valence-corrected chi connectivity index (χ1v) is 3.51. The molecule has 0 saturated heterocycles. The molecule has 0 bridgehead atoms. The van der Waals surface area contributed by atoms with E-state index in [9.17, 15) is 4.79 Å². The molecule has 0 aliphatic carbocycles. The van der Waals surface area contributed by atoms with Gasteiger partial charge in [0.05, 0.1) is 6.07 Å². The lowest BCUT2D eigenvalue weighted by molar-refractivity contribution is -0.139. The Kier molecular flexibility index (Phi) is 4.73. The highest BCUT2D eigenvalue weighted by Crippen LogP contribution is 1.93. The zero-order chi connectivity index (χ0) is 9.56. The minimum atomic E-state index is -0.467. The molecular weight excluding hydrogens is 156 g/mol. The van der Waals surface area contributed by atoms with Crippen molar-refractivity contribution in [1.82, 2.24) is 5.32 Å². The third-order valence-corrected chi connectivity index (χ3v) is 1.23. The molecule has 0 heterocycles. The molecule has 0 aromatic rings. The van der Waals surface area contributed by atoms with Gasteiger partial charge in [0, 0.05) is 5.57 Å². The van der Waals surface area contributed by atoms with E-state index in [0.29, 0.717) is 5.57 Å². The Labute approximate surface area is 71.8 Å². The summed E-state index contributed by atoms with van der Waals surface area (Å²) in [4.78, 5) is 10.8. The van der Waals surface area contributed by atoms with Crippen LogP contribution in [0.5, 0.6) is 0 Å². The first-order valence-electron chi connectivity index (χ1n) is 3.51. The number of nitrogens with one attached hydrogen (secondary N) is 1. The van der Waals surface area contributed by atoms with Gasteiger partial charge in [0.25, 0.3) is 0 Å². The molecule has 0 aromatic heterocycles. The lowest BCUT2D eigenvalue weighted by atomic mass is 10.3. The van der Waals surface area contributed by atoms with E-state index in [-0.39, 0.29) is 6.61 Å². The summed E-state index contributed by atoms with van der Waals surface area (Å²) in [5.74, 6) is -0.467. The number of rotatable bonds is 4. The van der Waals surface area contributed by atoms with Crippen molar-refractivity contribution in [2.24, 2.45) is 0 Å². The lowest BCUT2D eigenvalue weighted by Crippen LogP contribution is -2.29. The second kappa shape index (κ2) is 5.33. The van der Waals surface area contributed by atoms with Crippen LogP contribution < -0.4 is 5.32 Å². The molecule has 66 valence electrons. The first kappa shape index (κ1) is 10.7. The van der Waals surface area contributed by atoms with Gasteiger partial charge < -0.3 is 10.1 Å². The van der Waals surface area contributed by atoms with Crippen molar-refractivity contribution in [2.75, 3.05) is 13.7 Å². The molecular formula is C8H12N2O2. The van der Waals surface area contributed by atoms with E-state index >= 15 is 0 Å². The number of nitriles is 1. The molecule has 0 spiro atoms. The molecule has 1 unspecified atom stereocenters. The smallest absolute Gasteiger partial charge is 0.333 e. The molecule has 12 heavy (non-hydrogen) atoms. The Balaban J connectivity index is 3.76. The third-order valence-electron chi connectivity index (χ3n) is 1.23. The fourth-order valence-electron chi connectivity index (χ4n) is 0.467. The van der Waals surface area contributed by atoms with Crippen LogP contribution in [0.2, 0.25) is 0 Å². The summed E-state index contributed by atoms with van der Waals surface area (Å²) in [6, 6.07) is 1.48. The summed E-state index contributed by atoms with van der Waals surface area (Å²) >= 11 is 0. The van der Waals surface area contributed by atoms with Gasteiger partial charge in [0.1, 0.15) is 12.6 Å². The molecule has 0 fully saturated rings. The van der Waals surface area contributed by atoms with Gasteiger partial charge in [0.15, 0.2) is 0 Å². The third kappa shape index (κ3) is 3.74. The van der Waals surface area contributed by atoms with Gasteiger partial charge in [0.2, 0.25) is 0 Å². The lowest BCUT2D eigenvalue weighted by Gasteiger charge is -2.07. The van der Waals surface area contributed by atoms with E-state index in [2.05, 4.69) is 11.9 Å². The minimum absolute atomic E-state index is 0.0543. The Morgan fingerprint density at radius 2 is 2.42 bits per heavy atom. The van der Waals surface area contributed by atoms with Crippen molar-refractivity contribution in [2.45, 2.75) is 13.0 Å². The average molecular weight is 168 g/mol. The van der Waals surface area contributed by atoms with Crippen LogP contribution in [-0.4, -0.2) is 25.7 Å². The van der Waals surface area contributed by atoms with Crippen molar-refractivity contribution in [3.8, 4) is 6.07 Å². The van der Waals surface area contributed by atoms with Gasteiger partial charge >= 0.3 is 5.97 Å². The summed E-state index contributed by atoms with van der Waals surface area (Å²) in [5, 5.41) is 11.1. The van der Waals surface area contributed by atoms with E-state index in [0.717, 1.165) is 0 Å². The maximum Gasteiger partial charge on any atom is 0.333 e. The van der Waals surface area contributed by atoms with E-state index in [1.165, 1.54) is 0 Å². The first-order chi connectivity index (χ1) is 5.61. The maximum atomic E-state index is 10.8. The monoisotopic (exact) mass is 168 g/mol. The van der Waals surface area contributed by atoms with Gasteiger partial charge in [-0.2, -0.15) is 5.26 Å². The topological polar surface area (TPSA) is 62.1 Å². The number of carbonyl (C=O) groups excluding carboxylic acids is 1. The quantitative estimate of drug-likeness (QED) is 0.481. The number of hydrogen-bond acceptors (Lipinski definition) is 4. The van der Waals surface area contributed by atoms with E-state index in [4.69, 9.17) is 10.00 Å². The van der Waals surface area contributed by atoms with E-state index in [1.807, 2.05) is 6.07 Å². The van der Waals surface area contributed by atoms with E-state index in [1.54, 1.807) is 14.0 Å². The highest BCUT2D eigenvalue weighted by molar-refractivity contribution is 5.86. The molecule has 0 aliphatic rings. The molecule has 0 aromatic carbocycles. The Hall–Kier alpha value is -1.34. The van der Waals surface area contributed by atoms with Gasteiger partial charge in [-0.3, -0.25) is 0 Å². The van der Waals surface area contributed by atoms with Crippen LogP contribution in [0.15, 0.2) is 12.2 Å². The SMILES string of the molecule is C=C(C)C(=O)OCC(C#N)NC. The van der Waals surface area contributed by atoms with Crippen LogP contribution in [0, 0.1) is 11.3 Å². The molecule has 0 aliphatic heterocycles. The normalized spacial score (nSPS) is 11.4. The molecule has 0 radical (unpaired) electrons. The zero-order valence-electron chi connectivity index (χ0n) is 7.26. The highest BCUT2D eigenvalue weighted by Gasteiger charge is 2.08. The predicted octanol–water partition coefficient (Wildman–Crippen LogP) is 0.217. The maximum absolute atomic E-state index is 10.8. The predicted molar refractivity (Wildman–Crippen MR) is 44.2 cm³/mol. The average Bonchev–Trinajstić information content (AvgIpc) is 2.05. The Morgan fingerprint density at radius 1 is 1.83 bits per heavy atom. The van der Waals surface area contributed by atoms with Crippen LogP contribution in [0.4, 0.5) is 0 Å². The van der Waals surface area contributed by atoms with Gasteiger partial charge in [-0.05, 0) is 14.0 Å².